The zero-order chi connectivity index (χ0) is 20.3. The van der Waals surface area contributed by atoms with Crippen molar-refractivity contribution in [2.24, 2.45) is 5.92 Å². The lowest BCUT2D eigenvalue weighted by Crippen LogP contribution is -2.34. The third-order valence-corrected chi connectivity index (χ3v) is 6.33. The highest BCUT2D eigenvalue weighted by molar-refractivity contribution is 7.99. The van der Waals surface area contributed by atoms with Crippen LogP contribution in [0.1, 0.15) is 59.1 Å². The van der Waals surface area contributed by atoms with Crippen LogP contribution in [-0.2, 0) is 4.74 Å². The molecule has 1 aliphatic rings. The Labute approximate surface area is 169 Å². The van der Waals surface area contributed by atoms with E-state index in [9.17, 15) is 10.2 Å². The number of unbranched alkanes of at least 4 members (excludes halogenated alkanes) is 2. The summed E-state index contributed by atoms with van der Waals surface area (Å²) in [6, 6.07) is 0. The van der Waals surface area contributed by atoms with Crippen LogP contribution in [-0.4, -0.2) is 53.8 Å². The zero-order valence-electron chi connectivity index (χ0n) is 16.8. The second kappa shape index (κ2) is 9.39. The topological polar surface area (TPSA) is 119 Å². The Kier molecular flexibility index (Phi) is 7.14. The average molecular weight is 410 g/mol. The number of nitrogen functional groups attached to an aromatic ring is 1. The van der Waals surface area contributed by atoms with E-state index in [-0.39, 0.29) is 5.92 Å². The minimum absolute atomic E-state index is 0.134. The first-order valence-electron chi connectivity index (χ1n) is 10.1. The molecule has 2 aromatic rings. The van der Waals surface area contributed by atoms with Gasteiger partial charge in [-0.1, -0.05) is 51.8 Å². The van der Waals surface area contributed by atoms with Crippen molar-refractivity contribution < 1.29 is 14.9 Å². The van der Waals surface area contributed by atoms with E-state index in [1.807, 2.05) is 6.92 Å². The van der Waals surface area contributed by atoms with Crippen LogP contribution in [0, 0.1) is 5.92 Å². The minimum atomic E-state index is -1.06. The van der Waals surface area contributed by atoms with E-state index in [1.165, 1.54) is 6.33 Å². The Balaban J connectivity index is 1.95. The Morgan fingerprint density at radius 1 is 1.21 bits per heavy atom. The Bertz CT molecular complexity index is 786. The summed E-state index contributed by atoms with van der Waals surface area (Å²) in [6.07, 6.45) is 3.44. The largest absolute Gasteiger partial charge is 0.388 e. The van der Waals surface area contributed by atoms with Gasteiger partial charge in [0.25, 0.3) is 0 Å². The molecule has 156 valence electrons. The number of hydrogen-bond acceptors (Lipinski definition) is 8. The first-order chi connectivity index (χ1) is 13.5. The second-order valence-corrected chi connectivity index (χ2v) is 8.55. The SMILES string of the molecule is CCCCCSc1nc2c(N)ncnc2n1C1OC(C(C)CCC)C(O)C1O. The summed E-state index contributed by atoms with van der Waals surface area (Å²) in [7, 11) is 0. The molecule has 0 saturated carbocycles. The van der Waals surface area contributed by atoms with E-state index in [4.69, 9.17) is 10.5 Å². The van der Waals surface area contributed by atoms with Gasteiger partial charge in [-0.15, -0.1) is 0 Å². The van der Waals surface area contributed by atoms with E-state index in [0.29, 0.717) is 22.1 Å². The van der Waals surface area contributed by atoms with Crippen LogP contribution >= 0.6 is 11.8 Å². The summed E-state index contributed by atoms with van der Waals surface area (Å²) in [6.45, 7) is 6.30. The Morgan fingerprint density at radius 2 is 2.00 bits per heavy atom. The number of ether oxygens (including phenoxy) is 1. The molecule has 0 aliphatic carbocycles. The van der Waals surface area contributed by atoms with Crippen LogP contribution in [0.2, 0.25) is 0 Å². The normalized spacial score (nSPS) is 26.2. The molecule has 8 nitrogen and oxygen atoms in total. The Hall–Kier alpha value is -1.42. The summed E-state index contributed by atoms with van der Waals surface area (Å²) in [5.41, 5.74) is 7.02. The third-order valence-electron chi connectivity index (χ3n) is 5.29. The number of aromatic nitrogens is 4. The highest BCUT2D eigenvalue weighted by Gasteiger charge is 2.47. The van der Waals surface area contributed by atoms with Gasteiger partial charge >= 0.3 is 0 Å². The van der Waals surface area contributed by atoms with Crippen molar-refractivity contribution in [3.05, 3.63) is 6.33 Å². The van der Waals surface area contributed by atoms with Gasteiger partial charge in [0, 0.05) is 5.75 Å². The highest BCUT2D eigenvalue weighted by Crippen LogP contribution is 2.39. The molecule has 0 amide bonds. The average Bonchev–Trinajstić information content (AvgIpc) is 3.18. The predicted molar refractivity (Wildman–Crippen MR) is 110 cm³/mol. The number of aliphatic hydroxyl groups is 2. The molecule has 1 saturated heterocycles. The lowest BCUT2D eigenvalue weighted by atomic mass is 9.94. The summed E-state index contributed by atoms with van der Waals surface area (Å²) < 4.78 is 7.94. The summed E-state index contributed by atoms with van der Waals surface area (Å²) in [4.78, 5) is 13.0. The Morgan fingerprint density at radius 3 is 2.71 bits per heavy atom. The van der Waals surface area contributed by atoms with Gasteiger partial charge in [0.05, 0.1) is 6.10 Å². The molecule has 1 fully saturated rings. The fraction of sp³-hybridized carbons (Fsp3) is 0.737. The van der Waals surface area contributed by atoms with E-state index in [0.717, 1.165) is 37.9 Å². The number of thioether (sulfide) groups is 1. The van der Waals surface area contributed by atoms with Crippen molar-refractivity contribution in [3.63, 3.8) is 0 Å². The number of rotatable bonds is 9. The quantitative estimate of drug-likeness (QED) is 0.427. The number of nitrogens with zero attached hydrogens (tertiary/aromatic N) is 4. The van der Waals surface area contributed by atoms with E-state index in [2.05, 4.69) is 28.8 Å². The van der Waals surface area contributed by atoms with Crippen molar-refractivity contribution in [1.29, 1.82) is 0 Å². The molecule has 2 aromatic heterocycles. The highest BCUT2D eigenvalue weighted by atomic mass is 32.2. The van der Waals surface area contributed by atoms with Crippen LogP contribution in [0.25, 0.3) is 11.2 Å². The standard InChI is InChI=1S/C19H31N5O3S/c1-4-6-7-9-28-19-23-12-16(20)21-10-22-17(12)24(19)18-14(26)13(25)15(27-18)11(3)8-5-2/h10-11,13-15,18,25-26H,4-9H2,1-3H3,(H2,20,21,22). The molecule has 3 rings (SSSR count). The number of imidazole rings is 1. The number of aliphatic hydroxyl groups excluding tert-OH is 2. The maximum atomic E-state index is 10.8. The van der Waals surface area contributed by atoms with Crippen LogP contribution in [0.5, 0.6) is 0 Å². The lowest BCUT2D eigenvalue weighted by Gasteiger charge is -2.22. The van der Waals surface area contributed by atoms with Crippen LogP contribution in [0.3, 0.4) is 0 Å². The van der Waals surface area contributed by atoms with E-state index < -0.39 is 24.5 Å². The molecule has 0 radical (unpaired) electrons. The van der Waals surface area contributed by atoms with Crippen molar-refractivity contribution in [3.8, 4) is 0 Å². The molecule has 3 heterocycles. The summed E-state index contributed by atoms with van der Waals surface area (Å²) >= 11 is 1.59. The maximum absolute atomic E-state index is 10.8. The van der Waals surface area contributed by atoms with Gasteiger partial charge in [-0.05, 0) is 18.8 Å². The van der Waals surface area contributed by atoms with Crippen molar-refractivity contribution in [1.82, 2.24) is 19.5 Å². The van der Waals surface area contributed by atoms with Gasteiger partial charge in [0.2, 0.25) is 0 Å². The van der Waals surface area contributed by atoms with Gasteiger partial charge in [-0.2, -0.15) is 0 Å². The molecule has 0 bridgehead atoms. The predicted octanol–water partition coefficient (Wildman–Crippen LogP) is 2.75. The van der Waals surface area contributed by atoms with Crippen molar-refractivity contribution in [2.45, 2.75) is 82.6 Å². The smallest absolute Gasteiger partial charge is 0.172 e. The van der Waals surface area contributed by atoms with Gasteiger partial charge in [-0.25, -0.2) is 15.0 Å². The molecule has 0 spiro atoms. The fourth-order valence-corrected chi connectivity index (χ4v) is 4.76. The first-order valence-corrected chi connectivity index (χ1v) is 11.1. The molecular formula is C19H31N5O3S. The van der Waals surface area contributed by atoms with Gasteiger partial charge in [-0.3, -0.25) is 4.57 Å². The molecule has 9 heteroatoms. The van der Waals surface area contributed by atoms with Gasteiger partial charge < -0.3 is 20.7 Å². The van der Waals surface area contributed by atoms with Crippen molar-refractivity contribution >= 4 is 28.7 Å². The second-order valence-electron chi connectivity index (χ2n) is 7.49. The molecule has 5 unspecified atom stereocenters. The molecule has 1 aliphatic heterocycles. The van der Waals surface area contributed by atoms with Gasteiger partial charge in [0.1, 0.15) is 18.5 Å². The fourth-order valence-electron chi connectivity index (χ4n) is 3.74. The zero-order valence-corrected chi connectivity index (χ0v) is 17.6. The summed E-state index contributed by atoms with van der Waals surface area (Å²) in [5.74, 6) is 1.32. The number of hydrogen-bond donors (Lipinski definition) is 3. The van der Waals surface area contributed by atoms with Gasteiger partial charge in [0.15, 0.2) is 28.4 Å². The number of fused-ring (bicyclic) bond motifs is 1. The van der Waals surface area contributed by atoms with Crippen LogP contribution in [0.4, 0.5) is 5.82 Å². The monoisotopic (exact) mass is 409 g/mol. The lowest BCUT2D eigenvalue weighted by molar-refractivity contribution is -0.0571. The van der Waals surface area contributed by atoms with Crippen LogP contribution in [0.15, 0.2) is 11.5 Å². The number of anilines is 1. The maximum Gasteiger partial charge on any atom is 0.172 e. The van der Waals surface area contributed by atoms with Crippen molar-refractivity contribution in [2.75, 3.05) is 11.5 Å². The van der Waals surface area contributed by atoms with E-state index >= 15 is 0 Å². The molecule has 28 heavy (non-hydrogen) atoms. The molecule has 0 aromatic carbocycles. The molecule has 5 atom stereocenters. The molecular weight excluding hydrogens is 378 g/mol. The number of nitrogens with two attached hydrogens (primary N) is 1. The van der Waals surface area contributed by atoms with E-state index in [1.54, 1.807) is 16.3 Å². The first kappa shape index (κ1) is 21.3. The molecule has 4 N–H and O–H groups in total. The summed E-state index contributed by atoms with van der Waals surface area (Å²) in [5, 5.41) is 22.1. The third kappa shape index (κ3) is 4.12. The van der Waals surface area contributed by atoms with Crippen LogP contribution < -0.4 is 5.73 Å². The minimum Gasteiger partial charge on any atom is -0.388 e.